The molecule has 0 saturated carbocycles. The van der Waals surface area contributed by atoms with Crippen LogP contribution in [0.25, 0.3) is 0 Å². The van der Waals surface area contributed by atoms with Gasteiger partial charge >= 0.3 is 0 Å². The number of benzene rings is 2. The van der Waals surface area contributed by atoms with E-state index in [0.29, 0.717) is 6.17 Å². The fraction of sp³-hybridized carbons (Fsp3) is 0.520. The smallest absolute Gasteiger partial charge is 0.103 e. The second kappa shape index (κ2) is 5.31. The summed E-state index contributed by atoms with van der Waals surface area (Å²) in [6.07, 6.45) is 0.308. The first-order valence-corrected chi connectivity index (χ1v) is 10.2. The molecule has 0 saturated heterocycles. The molecular formula is C25H34N2. The Morgan fingerprint density at radius 1 is 0.778 bits per heavy atom. The maximum atomic E-state index is 2.51. The molecule has 0 aromatic heterocycles. The number of hydrogen-bond acceptors (Lipinski definition) is 2. The van der Waals surface area contributed by atoms with E-state index in [1.165, 1.54) is 33.8 Å². The van der Waals surface area contributed by atoms with Gasteiger partial charge in [0.25, 0.3) is 0 Å². The van der Waals surface area contributed by atoms with Crippen molar-refractivity contribution in [3.8, 4) is 0 Å². The van der Waals surface area contributed by atoms with Crippen molar-refractivity contribution in [3.63, 3.8) is 0 Å². The molecule has 4 rings (SSSR count). The summed E-state index contributed by atoms with van der Waals surface area (Å²) in [7, 11) is 2.23. The van der Waals surface area contributed by atoms with Gasteiger partial charge in [0.15, 0.2) is 0 Å². The van der Waals surface area contributed by atoms with E-state index in [1.807, 2.05) is 0 Å². The summed E-state index contributed by atoms with van der Waals surface area (Å²) in [5.74, 6) is 0. The lowest BCUT2D eigenvalue weighted by molar-refractivity contribution is 0.125. The Hall–Kier alpha value is -1.96. The van der Waals surface area contributed by atoms with Crippen molar-refractivity contribution >= 4 is 17.1 Å². The molecule has 0 fully saturated rings. The number of rotatable bonds is 1. The second-order valence-corrected chi connectivity index (χ2v) is 10.2. The molecule has 27 heavy (non-hydrogen) atoms. The van der Waals surface area contributed by atoms with Crippen molar-refractivity contribution in [3.05, 3.63) is 53.1 Å². The van der Waals surface area contributed by atoms with Crippen LogP contribution >= 0.6 is 0 Å². The van der Waals surface area contributed by atoms with Gasteiger partial charge in [-0.15, -0.1) is 0 Å². The van der Waals surface area contributed by atoms with Crippen molar-refractivity contribution < 1.29 is 0 Å². The van der Waals surface area contributed by atoms with Crippen LogP contribution in [0.1, 0.15) is 65.2 Å². The molecule has 0 bridgehead atoms. The average Bonchev–Trinajstić information content (AvgIpc) is 2.89. The van der Waals surface area contributed by atoms with Crippen molar-refractivity contribution in [2.75, 3.05) is 16.8 Å². The van der Waals surface area contributed by atoms with Crippen LogP contribution < -0.4 is 9.80 Å². The summed E-state index contributed by atoms with van der Waals surface area (Å²) in [6.45, 7) is 19.1. The van der Waals surface area contributed by atoms with Gasteiger partial charge in [0.1, 0.15) is 6.17 Å². The number of hydrogen-bond donors (Lipinski definition) is 0. The third kappa shape index (κ3) is 2.07. The van der Waals surface area contributed by atoms with Crippen molar-refractivity contribution in [2.45, 2.75) is 72.4 Å². The summed E-state index contributed by atoms with van der Waals surface area (Å²) >= 11 is 0. The van der Waals surface area contributed by atoms with Crippen molar-refractivity contribution in [1.29, 1.82) is 0 Å². The zero-order valence-electron chi connectivity index (χ0n) is 18.4. The zero-order valence-corrected chi connectivity index (χ0v) is 18.4. The van der Waals surface area contributed by atoms with Crippen LogP contribution in [0.5, 0.6) is 0 Å². The lowest BCUT2D eigenvalue weighted by Gasteiger charge is -2.44. The van der Waals surface area contributed by atoms with Gasteiger partial charge < -0.3 is 9.80 Å². The lowest BCUT2D eigenvalue weighted by Crippen LogP contribution is -2.42. The van der Waals surface area contributed by atoms with E-state index in [-0.39, 0.29) is 16.2 Å². The molecule has 0 N–H and O–H groups in total. The van der Waals surface area contributed by atoms with E-state index in [2.05, 4.69) is 109 Å². The first-order chi connectivity index (χ1) is 12.4. The number of anilines is 3. The van der Waals surface area contributed by atoms with Crippen LogP contribution in [0.2, 0.25) is 0 Å². The van der Waals surface area contributed by atoms with Gasteiger partial charge in [-0.05, 0) is 65.0 Å². The van der Waals surface area contributed by atoms with Crippen molar-refractivity contribution in [2.24, 2.45) is 5.41 Å². The molecule has 1 aliphatic carbocycles. The first-order valence-electron chi connectivity index (χ1n) is 10.2. The van der Waals surface area contributed by atoms with Gasteiger partial charge in [0.2, 0.25) is 0 Å². The number of para-hydroxylation sites is 1. The number of fused-ring (bicyclic) bond motifs is 2. The van der Waals surface area contributed by atoms with Crippen LogP contribution in [0, 0.1) is 12.3 Å². The van der Waals surface area contributed by atoms with E-state index >= 15 is 0 Å². The first kappa shape index (κ1) is 18.4. The third-order valence-electron chi connectivity index (χ3n) is 8.54. The summed E-state index contributed by atoms with van der Waals surface area (Å²) in [4.78, 5) is 4.94. The number of aryl methyl sites for hydroxylation is 1. The molecule has 0 amide bonds. The van der Waals surface area contributed by atoms with E-state index < -0.39 is 0 Å². The molecule has 0 spiro atoms. The predicted octanol–water partition coefficient (Wildman–Crippen LogP) is 6.52. The van der Waals surface area contributed by atoms with Gasteiger partial charge in [-0.3, -0.25) is 0 Å². The molecule has 2 aromatic carbocycles. The van der Waals surface area contributed by atoms with E-state index in [0.717, 1.165) is 0 Å². The number of nitrogens with zero attached hydrogens (tertiary/aromatic N) is 2. The Morgan fingerprint density at radius 3 is 1.85 bits per heavy atom. The maximum Gasteiger partial charge on any atom is 0.103 e. The van der Waals surface area contributed by atoms with Crippen LogP contribution in [0.15, 0.2) is 36.4 Å². The van der Waals surface area contributed by atoms with Gasteiger partial charge in [0, 0.05) is 12.7 Å². The zero-order chi connectivity index (χ0) is 19.9. The van der Waals surface area contributed by atoms with Gasteiger partial charge in [-0.25, -0.2) is 0 Å². The van der Waals surface area contributed by atoms with E-state index in [4.69, 9.17) is 0 Å². The minimum Gasteiger partial charge on any atom is -0.353 e. The molecule has 1 heterocycles. The quantitative estimate of drug-likeness (QED) is 0.569. The molecule has 0 radical (unpaired) electrons. The molecule has 144 valence electrons. The standard InChI is InChI=1S/C25H34N2/c1-16-12-10-11-13-20(16)27-17(2)26(9)21-14-18-19(15-22(21)27)24(5,6)25(7,8)23(18,3)4/h10-15,17H,1-9H3. The molecule has 2 nitrogen and oxygen atoms in total. The highest BCUT2D eigenvalue weighted by molar-refractivity contribution is 5.86. The normalized spacial score (nSPS) is 24.1. The minimum absolute atomic E-state index is 0.128. The van der Waals surface area contributed by atoms with Gasteiger partial charge in [0.05, 0.1) is 11.4 Å². The highest BCUT2D eigenvalue weighted by Crippen LogP contribution is 2.63. The minimum atomic E-state index is 0.128. The van der Waals surface area contributed by atoms with Crippen LogP contribution in [0.4, 0.5) is 17.1 Å². The van der Waals surface area contributed by atoms with E-state index in [9.17, 15) is 0 Å². The highest BCUT2D eigenvalue weighted by Gasteiger charge is 2.57. The largest absolute Gasteiger partial charge is 0.353 e. The molecular weight excluding hydrogens is 328 g/mol. The molecule has 2 aliphatic rings. The topological polar surface area (TPSA) is 6.48 Å². The fourth-order valence-electron chi connectivity index (χ4n) is 5.28. The second-order valence-electron chi connectivity index (χ2n) is 10.2. The SMILES string of the molecule is Cc1ccccc1N1c2cc3c(cc2N(C)C1C)C(C)(C)C(C)(C)C3(C)C. The van der Waals surface area contributed by atoms with Crippen LogP contribution in [-0.2, 0) is 10.8 Å². The van der Waals surface area contributed by atoms with Crippen LogP contribution in [0.3, 0.4) is 0 Å². The Bertz CT molecular complexity index is 920. The van der Waals surface area contributed by atoms with Crippen molar-refractivity contribution in [1.82, 2.24) is 0 Å². The fourth-order valence-corrected chi connectivity index (χ4v) is 5.28. The lowest BCUT2D eigenvalue weighted by atomic mass is 9.59. The van der Waals surface area contributed by atoms with Crippen LogP contribution in [-0.4, -0.2) is 13.2 Å². The predicted molar refractivity (Wildman–Crippen MR) is 117 cm³/mol. The summed E-state index contributed by atoms with van der Waals surface area (Å²) in [5, 5.41) is 0. The molecule has 1 atom stereocenters. The highest BCUT2D eigenvalue weighted by atomic mass is 15.4. The monoisotopic (exact) mass is 362 g/mol. The molecule has 1 aliphatic heterocycles. The molecule has 2 aromatic rings. The Labute approximate surface area is 165 Å². The summed E-state index contributed by atoms with van der Waals surface area (Å²) in [5.41, 5.74) is 8.82. The third-order valence-corrected chi connectivity index (χ3v) is 8.54. The summed E-state index contributed by atoms with van der Waals surface area (Å²) in [6, 6.07) is 13.7. The Balaban J connectivity index is 1.98. The Morgan fingerprint density at radius 2 is 1.30 bits per heavy atom. The summed E-state index contributed by atoms with van der Waals surface area (Å²) < 4.78 is 0. The molecule has 1 unspecified atom stereocenters. The van der Waals surface area contributed by atoms with E-state index in [1.54, 1.807) is 0 Å². The molecule has 2 heteroatoms. The average molecular weight is 363 g/mol. The van der Waals surface area contributed by atoms with Gasteiger partial charge in [-0.2, -0.15) is 0 Å². The Kier molecular flexibility index (Phi) is 3.62. The van der Waals surface area contributed by atoms with Gasteiger partial charge in [-0.1, -0.05) is 59.7 Å². The maximum absolute atomic E-state index is 2.51.